The minimum atomic E-state index is 1.17. The summed E-state index contributed by atoms with van der Waals surface area (Å²) in [5, 5.41) is 14.9. The normalized spacial score (nSPS) is 11.6. The van der Waals surface area contributed by atoms with Gasteiger partial charge in [0.05, 0.1) is 0 Å². The molecule has 0 saturated carbocycles. The van der Waals surface area contributed by atoms with Crippen molar-refractivity contribution in [3.05, 3.63) is 279 Å². The number of hydrogen-bond acceptors (Lipinski definition) is 0. The van der Waals surface area contributed by atoms with Crippen molar-refractivity contribution >= 4 is 64.6 Å². The predicted octanol–water partition coefficient (Wildman–Crippen LogP) is 20.3. The first-order chi connectivity index (χ1) is 35.8. The van der Waals surface area contributed by atoms with Crippen molar-refractivity contribution in [3.8, 4) is 77.9 Å². The average Bonchev–Trinajstić information content (AvgIpc) is 3.45. The summed E-state index contributed by atoms with van der Waals surface area (Å²) in [4.78, 5) is 0. The Kier molecular flexibility index (Phi) is 9.96. The van der Waals surface area contributed by atoms with E-state index in [0.717, 1.165) is 0 Å². The molecule has 0 radical (unpaired) electrons. The van der Waals surface area contributed by atoms with Gasteiger partial charge >= 0.3 is 0 Å². The molecule has 0 unspecified atom stereocenters. The maximum atomic E-state index is 2.47. The molecule has 0 aromatic heterocycles. The van der Waals surface area contributed by atoms with Crippen molar-refractivity contribution in [1.82, 2.24) is 0 Å². The minimum absolute atomic E-state index is 1.17. The van der Waals surface area contributed by atoms with E-state index in [9.17, 15) is 0 Å². The summed E-state index contributed by atoms with van der Waals surface area (Å²) in [6.07, 6.45) is 0. The predicted molar refractivity (Wildman–Crippen MR) is 310 cm³/mol. The number of hydrogen-bond donors (Lipinski definition) is 0. The first-order valence-corrected chi connectivity index (χ1v) is 25.0. The van der Waals surface area contributed by atoms with Crippen LogP contribution in [0.25, 0.3) is 143 Å². The van der Waals surface area contributed by atoms with Crippen LogP contribution >= 0.6 is 0 Å². The van der Waals surface area contributed by atoms with Crippen LogP contribution in [0.2, 0.25) is 0 Å². The molecule has 0 aliphatic carbocycles. The highest BCUT2D eigenvalue weighted by atomic mass is 14.3. The fourth-order valence-corrected chi connectivity index (χ4v) is 12.0. The van der Waals surface area contributed by atoms with Gasteiger partial charge in [0.1, 0.15) is 0 Å². The molecule has 14 aromatic carbocycles. The summed E-state index contributed by atoms with van der Waals surface area (Å²) in [7, 11) is 0. The van der Waals surface area contributed by atoms with E-state index in [0.29, 0.717) is 0 Å². The third-order valence-corrected chi connectivity index (χ3v) is 15.0. The van der Waals surface area contributed by atoms with E-state index in [1.54, 1.807) is 0 Å². The molecule has 14 rings (SSSR count). The Morgan fingerprint density at radius 3 is 0.514 bits per heavy atom. The zero-order valence-electron chi connectivity index (χ0n) is 39.6. The Hall–Kier alpha value is -9.36. The molecule has 334 valence electrons. The summed E-state index contributed by atoms with van der Waals surface area (Å²) >= 11 is 0. The zero-order valence-corrected chi connectivity index (χ0v) is 39.6. The van der Waals surface area contributed by atoms with Crippen LogP contribution < -0.4 is 0 Å². The van der Waals surface area contributed by atoms with Gasteiger partial charge in [-0.3, -0.25) is 0 Å². The monoisotopic (exact) mass is 910 g/mol. The van der Waals surface area contributed by atoms with Crippen molar-refractivity contribution in [2.24, 2.45) is 0 Å². The van der Waals surface area contributed by atoms with Crippen molar-refractivity contribution in [3.63, 3.8) is 0 Å². The van der Waals surface area contributed by atoms with E-state index < -0.39 is 0 Å². The molecular formula is C72H46. The molecule has 0 heteroatoms. The highest BCUT2D eigenvalue weighted by Crippen LogP contribution is 2.49. The topological polar surface area (TPSA) is 0 Å². The smallest absolute Gasteiger partial charge is 0.00259 e. The van der Waals surface area contributed by atoms with Gasteiger partial charge in [0.25, 0.3) is 0 Å². The molecule has 0 atom stereocenters. The van der Waals surface area contributed by atoms with Gasteiger partial charge in [-0.1, -0.05) is 261 Å². The Morgan fingerprint density at radius 2 is 0.278 bits per heavy atom. The standard InChI is InChI=1S/C72H46/c1-4-22-48(23-5-1)67-55-28-10-12-30-57(55)70(58-31-13-11-29-56(58)67)51-42-40-47(41-43-51)52-44-53(71-63-36-18-14-32-59(63)68(49-24-6-2-7-25-49)60-33-15-19-37-64(60)71)46-54(45-52)72-65-38-20-16-34-61(65)69(50-26-8-3-9-27-50)62-35-17-21-39-66(62)72/h1-46H. The van der Waals surface area contributed by atoms with Crippen LogP contribution in [-0.4, -0.2) is 0 Å². The van der Waals surface area contributed by atoms with Gasteiger partial charge in [0.2, 0.25) is 0 Å². The van der Waals surface area contributed by atoms with Crippen molar-refractivity contribution in [1.29, 1.82) is 0 Å². The van der Waals surface area contributed by atoms with Crippen LogP contribution in [0.15, 0.2) is 279 Å². The molecule has 0 N–H and O–H groups in total. The molecule has 72 heavy (non-hydrogen) atoms. The number of rotatable bonds is 7. The summed E-state index contributed by atoms with van der Waals surface area (Å²) in [6, 6.07) is 103. The van der Waals surface area contributed by atoms with E-state index >= 15 is 0 Å². The van der Waals surface area contributed by atoms with Gasteiger partial charge in [0.15, 0.2) is 0 Å². The maximum absolute atomic E-state index is 2.47. The van der Waals surface area contributed by atoms with E-state index in [1.165, 1.54) is 143 Å². The molecule has 0 heterocycles. The van der Waals surface area contributed by atoms with Crippen molar-refractivity contribution < 1.29 is 0 Å². The summed E-state index contributed by atoms with van der Waals surface area (Å²) in [5.41, 5.74) is 17.1. The minimum Gasteiger partial charge on any atom is -0.0622 e. The summed E-state index contributed by atoms with van der Waals surface area (Å²) in [6.45, 7) is 0. The van der Waals surface area contributed by atoms with Gasteiger partial charge in [0, 0.05) is 0 Å². The summed E-state index contributed by atoms with van der Waals surface area (Å²) < 4.78 is 0. The number of fused-ring (bicyclic) bond motifs is 6. The van der Waals surface area contributed by atoms with Gasteiger partial charge in [-0.2, -0.15) is 0 Å². The lowest BCUT2D eigenvalue weighted by atomic mass is 9.82. The van der Waals surface area contributed by atoms with Crippen LogP contribution in [0.3, 0.4) is 0 Å². The fraction of sp³-hybridized carbons (Fsp3) is 0. The van der Waals surface area contributed by atoms with Crippen LogP contribution in [-0.2, 0) is 0 Å². The van der Waals surface area contributed by atoms with Gasteiger partial charge < -0.3 is 0 Å². The maximum Gasteiger partial charge on any atom is -0.00259 e. The van der Waals surface area contributed by atoms with Gasteiger partial charge in [-0.15, -0.1) is 0 Å². The molecule has 14 aromatic rings. The van der Waals surface area contributed by atoms with Gasteiger partial charge in [-0.05, 0) is 161 Å². The van der Waals surface area contributed by atoms with E-state index in [2.05, 4.69) is 279 Å². The Morgan fingerprint density at radius 1 is 0.111 bits per heavy atom. The van der Waals surface area contributed by atoms with E-state index in [4.69, 9.17) is 0 Å². The second-order valence-electron chi connectivity index (χ2n) is 19.0. The van der Waals surface area contributed by atoms with Gasteiger partial charge in [-0.25, -0.2) is 0 Å². The number of benzene rings is 14. The SMILES string of the molecule is c1ccc(-c2c3ccccc3c(-c3ccc(-c4cc(-c5c6ccccc6c(-c6ccccc6)c6ccccc56)cc(-c5c6ccccc6c(-c6ccccc6)c6ccccc56)c4)cc3)c3ccccc23)cc1. The van der Waals surface area contributed by atoms with E-state index in [-0.39, 0.29) is 0 Å². The Balaban J connectivity index is 1.04. The molecule has 0 amide bonds. The third kappa shape index (κ3) is 6.76. The molecule has 0 spiro atoms. The summed E-state index contributed by atoms with van der Waals surface area (Å²) in [5.74, 6) is 0. The van der Waals surface area contributed by atoms with Crippen LogP contribution in [0, 0.1) is 0 Å². The van der Waals surface area contributed by atoms with Crippen LogP contribution in [0.1, 0.15) is 0 Å². The Bertz CT molecular complexity index is 4040. The molecular weight excluding hydrogens is 865 g/mol. The average molecular weight is 911 g/mol. The lowest BCUT2D eigenvalue weighted by Crippen LogP contribution is -1.94. The second-order valence-corrected chi connectivity index (χ2v) is 19.0. The first kappa shape index (κ1) is 41.6. The van der Waals surface area contributed by atoms with E-state index in [1.807, 2.05) is 0 Å². The fourth-order valence-electron chi connectivity index (χ4n) is 12.0. The molecule has 0 aliphatic rings. The van der Waals surface area contributed by atoms with Crippen LogP contribution in [0.4, 0.5) is 0 Å². The quantitative estimate of drug-likeness (QED) is 0.140. The zero-order chi connectivity index (χ0) is 47.5. The largest absolute Gasteiger partial charge is 0.0622 e. The molecule has 0 saturated heterocycles. The first-order valence-electron chi connectivity index (χ1n) is 25.0. The second kappa shape index (κ2) is 17.2. The van der Waals surface area contributed by atoms with Crippen LogP contribution in [0.5, 0.6) is 0 Å². The highest BCUT2D eigenvalue weighted by Gasteiger charge is 2.22. The molecule has 0 aliphatic heterocycles. The highest BCUT2D eigenvalue weighted by molar-refractivity contribution is 6.25. The Labute approximate surface area is 419 Å². The van der Waals surface area contributed by atoms with Crippen molar-refractivity contribution in [2.45, 2.75) is 0 Å². The molecule has 0 bridgehead atoms. The van der Waals surface area contributed by atoms with Crippen molar-refractivity contribution in [2.75, 3.05) is 0 Å². The molecule has 0 nitrogen and oxygen atoms in total. The lowest BCUT2D eigenvalue weighted by Gasteiger charge is -2.21. The molecule has 0 fully saturated rings. The third-order valence-electron chi connectivity index (χ3n) is 15.0. The lowest BCUT2D eigenvalue weighted by molar-refractivity contribution is 1.59.